The predicted molar refractivity (Wildman–Crippen MR) is 100 cm³/mol. The van der Waals surface area contributed by atoms with Crippen LogP contribution in [0.3, 0.4) is 0 Å². The van der Waals surface area contributed by atoms with Gasteiger partial charge in [-0.05, 0) is 30.6 Å². The zero-order chi connectivity index (χ0) is 17.2. The lowest BCUT2D eigenvalue weighted by molar-refractivity contribution is 0.169. The van der Waals surface area contributed by atoms with Gasteiger partial charge in [-0.1, -0.05) is 12.1 Å². The zero-order valence-corrected chi connectivity index (χ0v) is 15.1. The third kappa shape index (κ3) is 3.14. The van der Waals surface area contributed by atoms with Crippen molar-refractivity contribution in [3.63, 3.8) is 0 Å². The fraction of sp³-hybridized carbons (Fsp3) is 0.444. The maximum atomic E-state index is 12.2. The Morgan fingerprint density at radius 3 is 3.12 bits per heavy atom. The van der Waals surface area contributed by atoms with Crippen LogP contribution in [0.5, 0.6) is 0 Å². The molecule has 1 aromatic carbocycles. The molecule has 25 heavy (non-hydrogen) atoms. The third-order valence-corrected chi connectivity index (χ3v) is 5.58. The molecule has 0 unspecified atom stereocenters. The van der Waals surface area contributed by atoms with E-state index in [1.165, 1.54) is 11.4 Å². The lowest BCUT2D eigenvalue weighted by Gasteiger charge is -2.34. The van der Waals surface area contributed by atoms with Gasteiger partial charge < -0.3 is 9.40 Å². The van der Waals surface area contributed by atoms with Gasteiger partial charge in [0.1, 0.15) is 0 Å². The lowest BCUT2D eigenvalue weighted by atomic mass is 10.0. The maximum Gasteiger partial charge on any atom is 0.419 e. The molecule has 0 amide bonds. The molecule has 0 saturated carbocycles. The fourth-order valence-corrected chi connectivity index (χ4v) is 4.13. The first-order chi connectivity index (χ1) is 12.3. The standard InChI is InChI=1S/C18H22N4O2S/c1-25-11-7-15-17-13(19-12-20-17)6-8-21(15)9-10-22-14-4-2-3-5-16(14)24-18(22)23/h2-5,12,15H,6-11H2,1H3,(H,19,20)/t15-/m0/s1. The molecule has 1 aliphatic rings. The molecule has 6 nitrogen and oxygen atoms in total. The van der Waals surface area contributed by atoms with E-state index < -0.39 is 0 Å². The van der Waals surface area contributed by atoms with Gasteiger partial charge in [0, 0.05) is 31.7 Å². The number of hydrogen-bond donors (Lipinski definition) is 1. The summed E-state index contributed by atoms with van der Waals surface area (Å²) in [5.74, 6) is 0.821. The van der Waals surface area contributed by atoms with Gasteiger partial charge in [0.25, 0.3) is 0 Å². The van der Waals surface area contributed by atoms with Crippen molar-refractivity contribution < 1.29 is 4.42 Å². The molecule has 4 rings (SSSR count). The summed E-state index contributed by atoms with van der Waals surface area (Å²) < 4.78 is 7.08. The summed E-state index contributed by atoms with van der Waals surface area (Å²) >= 11 is 1.86. The number of aromatic amines is 1. The Morgan fingerprint density at radius 2 is 2.24 bits per heavy atom. The second-order valence-corrected chi connectivity index (χ2v) is 7.32. The van der Waals surface area contributed by atoms with Crippen molar-refractivity contribution in [2.75, 3.05) is 25.1 Å². The molecule has 0 radical (unpaired) electrons. The summed E-state index contributed by atoms with van der Waals surface area (Å²) in [6, 6.07) is 7.92. The Labute approximate surface area is 150 Å². The van der Waals surface area contributed by atoms with E-state index in [1.54, 1.807) is 10.9 Å². The number of thioether (sulfide) groups is 1. The van der Waals surface area contributed by atoms with E-state index in [2.05, 4.69) is 21.1 Å². The van der Waals surface area contributed by atoms with Crippen molar-refractivity contribution in [1.29, 1.82) is 0 Å². The monoisotopic (exact) mass is 358 g/mol. The van der Waals surface area contributed by atoms with Crippen LogP contribution >= 0.6 is 11.8 Å². The van der Waals surface area contributed by atoms with Gasteiger partial charge in [0.2, 0.25) is 0 Å². The highest BCUT2D eigenvalue weighted by Crippen LogP contribution is 2.30. The van der Waals surface area contributed by atoms with E-state index in [0.717, 1.165) is 37.2 Å². The zero-order valence-electron chi connectivity index (χ0n) is 14.3. The number of nitrogens with zero attached hydrogens (tertiary/aromatic N) is 3. The van der Waals surface area contributed by atoms with Crippen LogP contribution < -0.4 is 5.76 Å². The van der Waals surface area contributed by atoms with Crippen LogP contribution in [0.25, 0.3) is 11.1 Å². The number of rotatable bonds is 6. The summed E-state index contributed by atoms with van der Waals surface area (Å²) in [6.07, 6.45) is 5.98. The van der Waals surface area contributed by atoms with Gasteiger partial charge in [-0.2, -0.15) is 11.8 Å². The van der Waals surface area contributed by atoms with Crippen LogP contribution in [0.2, 0.25) is 0 Å². The first-order valence-corrected chi connectivity index (χ1v) is 10.0. The summed E-state index contributed by atoms with van der Waals surface area (Å²) in [5.41, 5.74) is 3.95. The molecule has 7 heteroatoms. The normalized spacial score (nSPS) is 17.9. The van der Waals surface area contributed by atoms with Gasteiger partial charge in [-0.25, -0.2) is 9.78 Å². The average molecular weight is 358 g/mol. The number of H-pyrrole nitrogens is 1. The molecule has 0 aliphatic carbocycles. The highest BCUT2D eigenvalue weighted by molar-refractivity contribution is 7.98. The van der Waals surface area contributed by atoms with Gasteiger partial charge >= 0.3 is 5.76 Å². The van der Waals surface area contributed by atoms with Crippen molar-refractivity contribution in [2.24, 2.45) is 0 Å². The SMILES string of the molecule is CSCC[C@H]1c2nc[nH]c2CCN1CCn1c(=O)oc2ccccc21. The minimum absolute atomic E-state index is 0.278. The van der Waals surface area contributed by atoms with Crippen molar-refractivity contribution in [1.82, 2.24) is 19.4 Å². The van der Waals surface area contributed by atoms with Crippen LogP contribution in [0, 0.1) is 0 Å². The second kappa shape index (κ2) is 7.09. The summed E-state index contributed by atoms with van der Waals surface area (Å²) in [4.78, 5) is 22.5. The Kier molecular flexibility index (Phi) is 4.67. The lowest BCUT2D eigenvalue weighted by Crippen LogP contribution is -2.38. The van der Waals surface area contributed by atoms with Gasteiger partial charge in [-0.15, -0.1) is 0 Å². The number of imidazole rings is 1. The van der Waals surface area contributed by atoms with Gasteiger partial charge in [0.15, 0.2) is 5.58 Å². The Balaban J connectivity index is 1.55. The first kappa shape index (κ1) is 16.5. The molecule has 2 aromatic heterocycles. The van der Waals surface area contributed by atoms with E-state index >= 15 is 0 Å². The topological polar surface area (TPSA) is 67.1 Å². The molecule has 0 saturated heterocycles. The number of para-hydroxylation sites is 2. The van der Waals surface area contributed by atoms with Gasteiger partial charge in [-0.3, -0.25) is 9.47 Å². The molecule has 1 aliphatic heterocycles. The number of nitrogens with one attached hydrogen (secondary N) is 1. The Morgan fingerprint density at radius 1 is 1.36 bits per heavy atom. The number of fused-ring (bicyclic) bond motifs is 2. The van der Waals surface area contributed by atoms with Crippen LogP contribution in [0.1, 0.15) is 23.9 Å². The van der Waals surface area contributed by atoms with Crippen LogP contribution in [-0.4, -0.2) is 44.5 Å². The molecular weight excluding hydrogens is 336 g/mol. The minimum atomic E-state index is -0.278. The van der Waals surface area contributed by atoms with Crippen LogP contribution in [-0.2, 0) is 13.0 Å². The molecule has 0 fully saturated rings. The summed E-state index contributed by atoms with van der Waals surface area (Å²) in [7, 11) is 0. The van der Waals surface area contributed by atoms with E-state index in [4.69, 9.17) is 4.42 Å². The van der Waals surface area contributed by atoms with Crippen molar-refractivity contribution in [2.45, 2.75) is 25.4 Å². The quantitative estimate of drug-likeness (QED) is 0.734. The Bertz CT molecular complexity index is 913. The van der Waals surface area contributed by atoms with E-state index in [9.17, 15) is 4.79 Å². The van der Waals surface area contributed by atoms with Crippen LogP contribution in [0.4, 0.5) is 0 Å². The predicted octanol–water partition coefficient (Wildman–Crippen LogP) is 2.67. The number of hydrogen-bond acceptors (Lipinski definition) is 5. The molecule has 3 aromatic rings. The van der Waals surface area contributed by atoms with Crippen LogP contribution in [0.15, 0.2) is 39.8 Å². The Hall–Kier alpha value is -1.99. The smallest absolute Gasteiger partial charge is 0.408 e. The highest BCUT2D eigenvalue weighted by Gasteiger charge is 2.29. The number of oxazole rings is 1. The second-order valence-electron chi connectivity index (χ2n) is 6.34. The summed E-state index contributed by atoms with van der Waals surface area (Å²) in [6.45, 7) is 2.43. The molecule has 1 N–H and O–H groups in total. The van der Waals surface area contributed by atoms with E-state index in [0.29, 0.717) is 18.2 Å². The van der Waals surface area contributed by atoms with E-state index in [-0.39, 0.29) is 5.76 Å². The van der Waals surface area contributed by atoms with Crippen molar-refractivity contribution in [3.05, 3.63) is 52.5 Å². The number of benzene rings is 1. The fourth-order valence-electron chi connectivity index (χ4n) is 3.67. The van der Waals surface area contributed by atoms with E-state index in [1.807, 2.05) is 36.0 Å². The summed E-state index contributed by atoms with van der Waals surface area (Å²) in [5, 5.41) is 0. The first-order valence-electron chi connectivity index (χ1n) is 8.61. The van der Waals surface area contributed by atoms with Crippen molar-refractivity contribution in [3.8, 4) is 0 Å². The molecule has 0 bridgehead atoms. The molecule has 3 heterocycles. The highest BCUT2D eigenvalue weighted by atomic mass is 32.2. The maximum absolute atomic E-state index is 12.2. The molecule has 0 spiro atoms. The van der Waals surface area contributed by atoms with Crippen molar-refractivity contribution >= 4 is 22.9 Å². The third-order valence-electron chi connectivity index (χ3n) is 4.94. The van der Waals surface area contributed by atoms with Gasteiger partial charge in [0.05, 0.1) is 23.6 Å². The average Bonchev–Trinajstić information content (AvgIpc) is 3.22. The molecular formula is C18H22N4O2S. The molecule has 1 atom stereocenters. The minimum Gasteiger partial charge on any atom is -0.408 e. The largest absolute Gasteiger partial charge is 0.419 e. The molecule has 132 valence electrons. The number of aromatic nitrogens is 3.